The van der Waals surface area contributed by atoms with E-state index in [9.17, 15) is 4.79 Å². The summed E-state index contributed by atoms with van der Waals surface area (Å²) in [5, 5.41) is 7.26. The Morgan fingerprint density at radius 2 is 2.04 bits per heavy atom. The summed E-state index contributed by atoms with van der Waals surface area (Å²) in [4.78, 5) is 12.5. The molecular formula is C19H27ClN4O. The summed E-state index contributed by atoms with van der Waals surface area (Å²) in [6.07, 6.45) is 7.75. The maximum absolute atomic E-state index is 12.5. The molecule has 0 spiro atoms. The summed E-state index contributed by atoms with van der Waals surface area (Å²) >= 11 is 0. The average Bonchev–Trinajstić information content (AvgIpc) is 3.06. The molecule has 6 heteroatoms. The molecule has 3 rings (SSSR count). The van der Waals surface area contributed by atoms with E-state index in [0.29, 0.717) is 6.54 Å². The molecule has 2 atom stereocenters. The van der Waals surface area contributed by atoms with Gasteiger partial charge in [-0.25, -0.2) is 0 Å². The predicted octanol–water partition coefficient (Wildman–Crippen LogP) is 2.88. The molecule has 1 fully saturated rings. The summed E-state index contributed by atoms with van der Waals surface area (Å²) in [5.74, 6) is 0.00524. The van der Waals surface area contributed by atoms with Crippen molar-refractivity contribution in [3.63, 3.8) is 0 Å². The molecular weight excluding hydrogens is 336 g/mol. The van der Waals surface area contributed by atoms with Gasteiger partial charge in [0.2, 0.25) is 5.91 Å². The highest BCUT2D eigenvalue weighted by Gasteiger charge is 2.37. The van der Waals surface area contributed by atoms with Gasteiger partial charge in [0.1, 0.15) is 0 Å². The van der Waals surface area contributed by atoms with E-state index in [2.05, 4.69) is 34.7 Å². The minimum Gasteiger partial charge on any atom is -0.352 e. The van der Waals surface area contributed by atoms with Crippen molar-refractivity contribution in [3.05, 3.63) is 53.9 Å². The van der Waals surface area contributed by atoms with Crippen LogP contribution in [-0.2, 0) is 17.9 Å². The predicted molar refractivity (Wildman–Crippen MR) is 101 cm³/mol. The SMILES string of the molecule is CC1(N)CCCCC1C(=O)NCc1ccc(Cn2cccn2)cc1.Cl. The zero-order valence-electron chi connectivity index (χ0n) is 14.6. The van der Waals surface area contributed by atoms with Crippen molar-refractivity contribution in [2.24, 2.45) is 11.7 Å². The lowest BCUT2D eigenvalue weighted by Gasteiger charge is -2.37. The Morgan fingerprint density at radius 1 is 1.32 bits per heavy atom. The lowest BCUT2D eigenvalue weighted by atomic mass is 9.74. The van der Waals surface area contributed by atoms with Crippen LogP contribution >= 0.6 is 12.4 Å². The van der Waals surface area contributed by atoms with Crippen molar-refractivity contribution in [2.45, 2.75) is 51.2 Å². The molecule has 0 aliphatic heterocycles. The second-order valence-electron chi connectivity index (χ2n) is 7.04. The smallest absolute Gasteiger partial charge is 0.225 e. The summed E-state index contributed by atoms with van der Waals surface area (Å²) < 4.78 is 1.89. The minimum atomic E-state index is -0.379. The Labute approximate surface area is 155 Å². The van der Waals surface area contributed by atoms with Crippen LogP contribution in [0.1, 0.15) is 43.7 Å². The van der Waals surface area contributed by atoms with Crippen LogP contribution in [0.3, 0.4) is 0 Å². The van der Waals surface area contributed by atoms with E-state index in [1.54, 1.807) is 6.20 Å². The van der Waals surface area contributed by atoms with E-state index >= 15 is 0 Å². The summed E-state index contributed by atoms with van der Waals surface area (Å²) in [6, 6.07) is 10.2. The van der Waals surface area contributed by atoms with Gasteiger partial charge in [0.25, 0.3) is 0 Å². The first-order chi connectivity index (χ1) is 11.5. The van der Waals surface area contributed by atoms with Crippen LogP contribution in [0.2, 0.25) is 0 Å². The molecule has 25 heavy (non-hydrogen) atoms. The molecule has 5 nitrogen and oxygen atoms in total. The Bertz CT molecular complexity index is 667. The van der Waals surface area contributed by atoms with Gasteiger partial charge < -0.3 is 11.1 Å². The van der Waals surface area contributed by atoms with Gasteiger partial charge in [-0.15, -0.1) is 12.4 Å². The number of aromatic nitrogens is 2. The largest absolute Gasteiger partial charge is 0.352 e. The van der Waals surface area contributed by atoms with Crippen molar-refractivity contribution < 1.29 is 4.79 Å². The topological polar surface area (TPSA) is 72.9 Å². The number of rotatable bonds is 5. The number of carbonyl (C=O) groups excluding carboxylic acids is 1. The quantitative estimate of drug-likeness (QED) is 0.858. The lowest BCUT2D eigenvalue weighted by Crippen LogP contribution is -2.52. The third kappa shape index (κ3) is 5.06. The van der Waals surface area contributed by atoms with Gasteiger partial charge >= 0.3 is 0 Å². The zero-order valence-corrected chi connectivity index (χ0v) is 15.5. The van der Waals surface area contributed by atoms with Gasteiger partial charge in [0.05, 0.1) is 12.5 Å². The summed E-state index contributed by atoms with van der Waals surface area (Å²) in [6.45, 7) is 3.31. The first-order valence-electron chi connectivity index (χ1n) is 8.66. The molecule has 3 N–H and O–H groups in total. The van der Waals surface area contributed by atoms with Gasteiger partial charge in [-0.3, -0.25) is 9.48 Å². The molecule has 1 amide bonds. The number of carbonyl (C=O) groups is 1. The number of halogens is 1. The highest BCUT2D eigenvalue weighted by atomic mass is 35.5. The highest BCUT2D eigenvalue weighted by molar-refractivity contribution is 5.85. The molecule has 1 heterocycles. The maximum atomic E-state index is 12.5. The third-order valence-electron chi connectivity index (χ3n) is 4.96. The van der Waals surface area contributed by atoms with Crippen molar-refractivity contribution in [1.29, 1.82) is 0 Å². The van der Waals surface area contributed by atoms with Crippen LogP contribution in [0.4, 0.5) is 0 Å². The number of nitrogens with zero attached hydrogens (tertiary/aromatic N) is 2. The number of amides is 1. The van der Waals surface area contributed by atoms with Crippen molar-refractivity contribution >= 4 is 18.3 Å². The lowest BCUT2D eigenvalue weighted by molar-refractivity contribution is -0.128. The van der Waals surface area contributed by atoms with Crippen LogP contribution < -0.4 is 11.1 Å². The second kappa shape index (κ2) is 8.50. The minimum absolute atomic E-state index is 0. The number of hydrogen-bond donors (Lipinski definition) is 2. The number of hydrogen-bond acceptors (Lipinski definition) is 3. The van der Waals surface area contributed by atoms with E-state index in [-0.39, 0.29) is 29.8 Å². The molecule has 1 aliphatic carbocycles. The standard InChI is InChI=1S/C19H26N4O.ClH/c1-19(20)10-3-2-5-17(19)18(24)21-13-15-6-8-16(9-7-15)14-23-12-4-11-22-23;/h4,6-9,11-12,17H,2-3,5,10,13-14,20H2,1H3,(H,21,24);1H. The molecule has 2 aromatic rings. The fourth-order valence-electron chi connectivity index (χ4n) is 3.44. The van der Waals surface area contributed by atoms with Gasteiger partial charge in [-0.1, -0.05) is 37.1 Å². The number of nitrogens with two attached hydrogens (primary N) is 1. The van der Waals surface area contributed by atoms with E-state index in [1.807, 2.05) is 23.9 Å². The molecule has 0 saturated heterocycles. The Kier molecular flexibility index (Phi) is 6.62. The first kappa shape index (κ1) is 19.5. The monoisotopic (exact) mass is 362 g/mol. The molecule has 1 aromatic heterocycles. The summed E-state index contributed by atoms with van der Waals surface area (Å²) in [7, 11) is 0. The molecule has 136 valence electrons. The van der Waals surface area contributed by atoms with Crippen LogP contribution in [0.5, 0.6) is 0 Å². The Morgan fingerprint density at radius 3 is 2.68 bits per heavy atom. The fourth-order valence-corrected chi connectivity index (χ4v) is 3.44. The average molecular weight is 363 g/mol. The molecule has 1 aliphatic rings. The molecule has 1 aromatic carbocycles. The van der Waals surface area contributed by atoms with Crippen LogP contribution in [0.25, 0.3) is 0 Å². The van der Waals surface area contributed by atoms with Gasteiger partial charge in [0, 0.05) is 24.5 Å². The molecule has 0 bridgehead atoms. The summed E-state index contributed by atoms with van der Waals surface area (Å²) in [5.41, 5.74) is 8.22. The third-order valence-corrected chi connectivity index (χ3v) is 4.96. The highest BCUT2D eigenvalue weighted by Crippen LogP contribution is 2.31. The van der Waals surface area contributed by atoms with Gasteiger partial charge in [0.15, 0.2) is 0 Å². The van der Waals surface area contributed by atoms with E-state index in [0.717, 1.165) is 37.8 Å². The fraction of sp³-hybridized carbons (Fsp3) is 0.474. The molecule has 1 saturated carbocycles. The van der Waals surface area contributed by atoms with Gasteiger partial charge in [-0.2, -0.15) is 5.10 Å². The van der Waals surface area contributed by atoms with Crippen molar-refractivity contribution in [3.8, 4) is 0 Å². The first-order valence-corrected chi connectivity index (χ1v) is 8.66. The normalized spacial score (nSPS) is 22.9. The van der Waals surface area contributed by atoms with Crippen LogP contribution in [0.15, 0.2) is 42.7 Å². The number of benzene rings is 1. The maximum Gasteiger partial charge on any atom is 0.225 e. The Hall–Kier alpha value is -1.85. The van der Waals surface area contributed by atoms with E-state index in [4.69, 9.17) is 5.73 Å². The zero-order chi connectivity index (χ0) is 17.0. The van der Waals surface area contributed by atoms with Crippen molar-refractivity contribution in [2.75, 3.05) is 0 Å². The van der Waals surface area contributed by atoms with Gasteiger partial charge in [-0.05, 0) is 37.0 Å². The number of nitrogens with one attached hydrogen (secondary N) is 1. The Balaban J connectivity index is 0.00000225. The van der Waals surface area contributed by atoms with Crippen LogP contribution in [-0.4, -0.2) is 21.2 Å². The van der Waals surface area contributed by atoms with E-state index in [1.165, 1.54) is 5.56 Å². The van der Waals surface area contributed by atoms with Crippen LogP contribution in [0, 0.1) is 5.92 Å². The van der Waals surface area contributed by atoms with E-state index < -0.39 is 0 Å². The van der Waals surface area contributed by atoms with Crippen molar-refractivity contribution in [1.82, 2.24) is 15.1 Å². The molecule has 0 radical (unpaired) electrons. The molecule has 2 unspecified atom stereocenters. The second-order valence-corrected chi connectivity index (χ2v) is 7.04.